The van der Waals surface area contributed by atoms with Crippen LogP contribution in [0.25, 0.3) is 0 Å². The fourth-order valence-corrected chi connectivity index (χ4v) is 2.49. The first kappa shape index (κ1) is 15.8. The molecule has 1 saturated carbocycles. The third-order valence-corrected chi connectivity index (χ3v) is 3.79. The SMILES string of the molecule is CC1CCCCC1NCCN(C)CCC(F)(F)F. The molecule has 5 heteroatoms. The van der Waals surface area contributed by atoms with E-state index in [-0.39, 0.29) is 6.54 Å². The first-order valence-electron chi connectivity index (χ1n) is 6.87. The molecular formula is C13H25F3N2. The van der Waals surface area contributed by atoms with Crippen molar-refractivity contribution in [1.82, 2.24) is 10.2 Å². The molecule has 108 valence electrons. The van der Waals surface area contributed by atoms with Crippen LogP contribution in [0.1, 0.15) is 39.0 Å². The van der Waals surface area contributed by atoms with Crippen molar-refractivity contribution < 1.29 is 13.2 Å². The van der Waals surface area contributed by atoms with Crippen molar-refractivity contribution in [2.75, 3.05) is 26.7 Å². The minimum absolute atomic E-state index is 0.0887. The summed E-state index contributed by atoms with van der Waals surface area (Å²) in [6, 6.07) is 0.551. The maximum Gasteiger partial charge on any atom is 0.390 e. The van der Waals surface area contributed by atoms with E-state index in [2.05, 4.69) is 12.2 Å². The highest BCUT2D eigenvalue weighted by molar-refractivity contribution is 4.78. The zero-order chi connectivity index (χ0) is 13.6. The summed E-state index contributed by atoms with van der Waals surface area (Å²) in [6.45, 7) is 3.80. The first-order chi connectivity index (χ1) is 8.38. The standard InChI is InChI=1S/C13H25F3N2/c1-11-5-3-4-6-12(11)17-8-10-18(2)9-7-13(14,15)16/h11-12,17H,3-10H2,1-2H3. The summed E-state index contributed by atoms with van der Waals surface area (Å²) in [7, 11) is 1.75. The lowest BCUT2D eigenvalue weighted by Gasteiger charge is -2.30. The number of nitrogens with zero attached hydrogens (tertiary/aromatic N) is 1. The average Bonchev–Trinajstić information content (AvgIpc) is 2.28. The number of rotatable bonds is 6. The highest BCUT2D eigenvalue weighted by atomic mass is 19.4. The number of halogens is 3. The van der Waals surface area contributed by atoms with Crippen molar-refractivity contribution in [2.45, 2.75) is 51.2 Å². The quantitative estimate of drug-likeness (QED) is 0.795. The Morgan fingerprint density at radius 1 is 1.17 bits per heavy atom. The van der Waals surface area contributed by atoms with Gasteiger partial charge in [0, 0.05) is 25.7 Å². The Labute approximate surface area is 108 Å². The minimum atomic E-state index is -4.04. The van der Waals surface area contributed by atoms with E-state index in [9.17, 15) is 13.2 Å². The number of alkyl halides is 3. The van der Waals surface area contributed by atoms with Gasteiger partial charge in [0.2, 0.25) is 0 Å². The van der Waals surface area contributed by atoms with Gasteiger partial charge >= 0.3 is 6.18 Å². The molecule has 2 unspecified atom stereocenters. The maximum absolute atomic E-state index is 12.0. The Balaban J connectivity index is 2.09. The highest BCUT2D eigenvalue weighted by Crippen LogP contribution is 2.23. The summed E-state index contributed by atoms with van der Waals surface area (Å²) in [4.78, 5) is 1.74. The normalized spacial score (nSPS) is 25.7. The molecule has 0 aromatic heterocycles. The minimum Gasteiger partial charge on any atom is -0.312 e. The van der Waals surface area contributed by atoms with Crippen molar-refractivity contribution in [1.29, 1.82) is 0 Å². The molecule has 0 aromatic carbocycles. The number of nitrogens with one attached hydrogen (secondary N) is 1. The second kappa shape index (κ2) is 7.34. The predicted octanol–water partition coefficient (Wildman–Crippen LogP) is 3.04. The second-order valence-corrected chi connectivity index (χ2v) is 5.49. The summed E-state index contributed by atoms with van der Waals surface area (Å²) in [6.07, 6.45) is 0.286. The van der Waals surface area contributed by atoms with Crippen LogP contribution in [0, 0.1) is 5.92 Å². The van der Waals surface area contributed by atoms with Gasteiger partial charge < -0.3 is 10.2 Å². The zero-order valence-corrected chi connectivity index (χ0v) is 11.4. The van der Waals surface area contributed by atoms with Gasteiger partial charge in [-0.1, -0.05) is 19.8 Å². The van der Waals surface area contributed by atoms with Crippen LogP contribution in [0.2, 0.25) is 0 Å². The van der Waals surface area contributed by atoms with Gasteiger partial charge in [-0.05, 0) is 25.8 Å². The molecule has 18 heavy (non-hydrogen) atoms. The van der Waals surface area contributed by atoms with Crippen LogP contribution < -0.4 is 5.32 Å². The fourth-order valence-electron chi connectivity index (χ4n) is 2.49. The summed E-state index contributed by atoms with van der Waals surface area (Å²) < 4.78 is 36.1. The van der Waals surface area contributed by atoms with Crippen LogP contribution in [0.15, 0.2) is 0 Å². The molecule has 1 aliphatic rings. The Morgan fingerprint density at radius 3 is 2.44 bits per heavy atom. The van der Waals surface area contributed by atoms with Gasteiger partial charge in [0.05, 0.1) is 6.42 Å². The average molecular weight is 266 g/mol. The molecule has 1 rings (SSSR count). The van der Waals surface area contributed by atoms with Gasteiger partial charge in [0.1, 0.15) is 0 Å². The van der Waals surface area contributed by atoms with E-state index in [1.54, 1.807) is 11.9 Å². The van der Waals surface area contributed by atoms with Crippen LogP contribution >= 0.6 is 0 Å². The van der Waals surface area contributed by atoms with E-state index in [0.29, 0.717) is 18.5 Å². The number of hydrogen-bond acceptors (Lipinski definition) is 2. The lowest BCUT2D eigenvalue weighted by atomic mass is 9.86. The van der Waals surface area contributed by atoms with Crippen molar-refractivity contribution in [3.63, 3.8) is 0 Å². The monoisotopic (exact) mass is 266 g/mol. The van der Waals surface area contributed by atoms with Gasteiger partial charge in [-0.2, -0.15) is 13.2 Å². The van der Waals surface area contributed by atoms with E-state index in [1.165, 1.54) is 25.7 Å². The molecule has 0 spiro atoms. The van der Waals surface area contributed by atoms with E-state index >= 15 is 0 Å². The Morgan fingerprint density at radius 2 is 1.83 bits per heavy atom. The molecule has 0 amide bonds. The largest absolute Gasteiger partial charge is 0.390 e. The summed E-state index contributed by atoms with van der Waals surface area (Å²) >= 11 is 0. The van der Waals surface area contributed by atoms with E-state index in [1.807, 2.05) is 0 Å². The number of likely N-dealkylation sites (N-methyl/N-ethyl adjacent to an activating group) is 1. The molecule has 0 radical (unpaired) electrons. The maximum atomic E-state index is 12.0. The van der Waals surface area contributed by atoms with E-state index < -0.39 is 12.6 Å². The van der Waals surface area contributed by atoms with Gasteiger partial charge in [-0.3, -0.25) is 0 Å². The molecule has 0 aliphatic heterocycles. The van der Waals surface area contributed by atoms with Crippen molar-refractivity contribution in [2.24, 2.45) is 5.92 Å². The molecule has 0 saturated heterocycles. The Bertz CT molecular complexity index is 231. The molecule has 0 heterocycles. The third kappa shape index (κ3) is 6.59. The summed E-state index contributed by atoms with van der Waals surface area (Å²) in [5, 5.41) is 3.48. The molecule has 1 aliphatic carbocycles. The Kier molecular flexibility index (Phi) is 6.43. The molecule has 1 fully saturated rings. The Hall–Kier alpha value is -0.290. The molecule has 2 nitrogen and oxygen atoms in total. The first-order valence-corrected chi connectivity index (χ1v) is 6.87. The lowest BCUT2D eigenvalue weighted by molar-refractivity contribution is -0.137. The molecular weight excluding hydrogens is 241 g/mol. The van der Waals surface area contributed by atoms with E-state index in [4.69, 9.17) is 0 Å². The summed E-state index contributed by atoms with van der Waals surface area (Å²) in [5.74, 6) is 0.694. The molecule has 0 bridgehead atoms. The zero-order valence-electron chi connectivity index (χ0n) is 11.4. The van der Waals surface area contributed by atoms with Gasteiger partial charge in [-0.15, -0.1) is 0 Å². The van der Waals surface area contributed by atoms with Crippen LogP contribution in [0.3, 0.4) is 0 Å². The third-order valence-electron chi connectivity index (χ3n) is 3.79. The van der Waals surface area contributed by atoms with Gasteiger partial charge in [-0.25, -0.2) is 0 Å². The van der Waals surface area contributed by atoms with Crippen molar-refractivity contribution in [3.8, 4) is 0 Å². The van der Waals surface area contributed by atoms with Crippen LogP contribution in [-0.4, -0.2) is 43.8 Å². The smallest absolute Gasteiger partial charge is 0.312 e. The van der Waals surface area contributed by atoms with Crippen LogP contribution in [0.5, 0.6) is 0 Å². The number of hydrogen-bond donors (Lipinski definition) is 1. The summed E-state index contributed by atoms with van der Waals surface area (Å²) in [5.41, 5.74) is 0. The van der Waals surface area contributed by atoms with E-state index in [0.717, 1.165) is 6.54 Å². The van der Waals surface area contributed by atoms with Crippen molar-refractivity contribution >= 4 is 0 Å². The molecule has 2 atom stereocenters. The van der Waals surface area contributed by atoms with Gasteiger partial charge in [0.15, 0.2) is 0 Å². The van der Waals surface area contributed by atoms with Crippen LogP contribution in [-0.2, 0) is 0 Å². The lowest BCUT2D eigenvalue weighted by Crippen LogP contribution is -2.41. The second-order valence-electron chi connectivity index (χ2n) is 5.49. The predicted molar refractivity (Wildman–Crippen MR) is 67.6 cm³/mol. The van der Waals surface area contributed by atoms with Crippen molar-refractivity contribution in [3.05, 3.63) is 0 Å². The molecule has 1 N–H and O–H groups in total. The fraction of sp³-hybridized carbons (Fsp3) is 1.00. The molecule has 0 aromatic rings. The highest BCUT2D eigenvalue weighted by Gasteiger charge is 2.27. The van der Waals surface area contributed by atoms with Gasteiger partial charge in [0.25, 0.3) is 0 Å². The van der Waals surface area contributed by atoms with Crippen LogP contribution in [0.4, 0.5) is 13.2 Å². The topological polar surface area (TPSA) is 15.3 Å².